The highest BCUT2D eigenvalue weighted by Gasteiger charge is 2.21. The van der Waals surface area contributed by atoms with E-state index in [9.17, 15) is 14.0 Å². The summed E-state index contributed by atoms with van der Waals surface area (Å²) < 4.78 is 37.4. The average Bonchev–Trinajstić information content (AvgIpc) is 3.38. The second-order valence-electron chi connectivity index (χ2n) is 8.78. The third-order valence-electron chi connectivity index (χ3n) is 5.85. The van der Waals surface area contributed by atoms with Gasteiger partial charge in [0, 0.05) is 26.1 Å². The van der Waals surface area contributed by atoms with E-state index in [1.54, 1.807) is 25.6 Å². The van der Waals surface area contributed by atoms with E-state index in [2.05, 4.69) is 25.4 Å². The number of carbonyl (C=O) groups excluding carboxylic acids is 2. The zero-order chi connectivity index (χ0) is 28.9. The summed E-state index contributed by atoms with van der Waals surface area (Å²) in [6.07, 6.45) is 3.31. The highest BCUT2D eigenvalue weighted by molar-refractivity contribution is 7.45. The molecule has 4 N–H and O–H groups in total. The van der Waals surface area contributed by atoms with Crippen LogP contribution in [0.15, 0.2) is 30.6 Å². The minimum Gasteiger partial charge on any atom is -0.479 e. The van der Waals surface area contributed by atoms with E-state index in [-0.39, 0.29) is 56.0 Å². The number of nitrogen functional groups attached to an aromatic ring is 1. The van der Waals surface area contributed by atoms with Gasteiger partial charge in [-0.25, -0.2) is 14.5 Å². The fourth-order valence-electron chi connectivity index (χ4n) is 3.76. The molecular formula is C25H35FN7O6P. The maximum atomic E-state index is 13.0. The third-order valence-corrected chi connectivity index (χ3v) is 7.09. The quantitative estimate of drug-likeness (QED) is 0.115. The number of anilines is 1. The van der Waals surface area contributed by atoms with Gasteiger partial charge >= 0.3 is 0 Å². The predicted octanol–water partition coefficient (Wildman–Crippen LogP) is 2.67. The summed E-state index contributed by atoms with van der Waals surface area (Å²) in [6.45, 7) is 2.81. The van der Waals surface area contributed by atoms with E-state index in [1.807, 2.05) is 11.5 Å². The Hall–Kier alpha value is -3.29. The number of imidazole rings is 1. The Morgan fingerprint density at radius 1 is 1.23 bits per heavy atom. The van der Waals surface area contributed by atoms with Crippen molar-refractivity contribution in [1.29, 1.82) is 0 Å². The Bertz CT molecular complexity index is 1230. The summed E-state index contributed by atoms with van der Waals surface area (Å²) in [6, 6.07) is 5.85. The lowest BCUT2D eigenvalue weighted by Crippen LogP contribution is -2.24. The second-order valence-corrected chi connectivity index (χ2v) is 10.1. The number of benzene rings is 1. The van der Waals surface area contributed by atoms with Crippen LogP contribution in [-0.2, 0) is 29.9 Å². The zero-order valence-corrected chi connectivity index (χ0v) is 23.6. The van der Waals surface area contributed by atoms with Crippen molar-refractivity contribution < 1.29 is 32.5 Å². The number of aldehydes is 1. The Balaban J connectivity index is 1.45. The van der Waals surface area contributed by atoms with Gasteiger partial charge in [-0.05, 0) is 37.5 Å². The third kappa shape index (κ3) is 9.42. The topological polar surface area (TPSA) is 165 Å². The summed E-state index contributed by atoms with van der Waals surface area (Å²) in [5.74, 6) is -0.0908. The molecule has 1 aromatic carbocycles. The van der Waals surface area contributed by atoms with Gasteiger partial charge < -0.3 is 38.9 Å². The number of hydrogen-bond donors (Lipinski definition) is 3. The van der Waals surface area contributed by atoms with Crippen molar-refractivity contribution in [1.82, 2.24) is 29.9 Å². The van der Waals surface area contributed by atoms with Crippen molar-refractivity contribution >= 4 is 37.8 Å². The molecule has 15 heteroatoms. The van der Waals surface area contributed by atoms with Crippen LogP contribution in [-0.4, -0.2) is 71.8 Å². The minimum atomic E-state index is -1.59. The van der Waals surface area contributed by atoms with E-state index >= 15 is 0 Å². The molecule has 0 bridgehead atoms. The van der Waals surface area contributed by atoms with Gasteiger partial charge in [-0.15, -0.1) is 0 Å². The molecule has 0 spiro atoms. The van der Waals surface area contributed by atoms with Crippen LogP contribution in [0.3, 0.4) is 0 Å². The molecule has 1 amide bonds. The maximum absolute atomic E-state index is 13.0. The number of fused-ring (bicyclic) bond motifs is 1. The molecule has 3 rings (SSSR count). The molecule has 3 atom stereocenters. The summed E-state index contributed by atoms with van der Waals surface area (Å²) in [5.41, 5.74) is 7.68. The van der Waals surface area contributed by atoms with Gasteiger partial charge in [-0.1, -0.05) is 12.1 Å². The largest absolute Gasteiger partial charge is 0.479 e. The SMILES string of the molecule is COc1nc(N)nc2c1ncn2C(C)CC(COP(NCC=O)OCCCC(=O)NCc1ccc(F)cc1)OC. The minimum absolute atomic E-state index is 0.0574. The number of nitrogens with two attached hydrogens (primary N) is 1. The number of nitrogens with one attached hydrogen (secondary N) is 2. The fraction of sp³-hybridized carbons (Fsp3) is 0.480. The normalized spacial score (nSPS) is 13.6. The van der Waals surface area contributed by atoms with E-state index < -0.39 is 8.53 Å². The summed E-state index contributed by atoms with van der Waals surface area (Å²) in [4.78, 5) is 35.7. The van der Waals surface area contributed by atoms with Crippen LogP contribution in [0.2, 0.25) is 0 Å². The number of carbonyl (C=O) groups is 2. The summed E-state index contributed by atoms with van der Waals surface area (Å²) in [7, 11) is 1.48. The van der Waals surface area contributed by atoms with Crippen LogP contribution in [0, 0.1) is 5.82 Å². The van der Waals surface area contributed by atoms with E-state index in [4.69, 9.17) is 24.3 Å². The van der Waals surface area contributed by atoms with Crippen molar-refractivity contribution in [2.75, 3.05) is 39.7 Å². The van der Waals surface area contributed by atoms with Crippen LogP contribution in [0.25, 0.3) is 11.2 Å². The molecule has 0 fully saturated rings. The molecule has 0 aliphatic rings. The predicted molar refractivity (Wildman–Crippen MR) is 147 cm³/mol. The first-order valence-corrected chi connectivity index (χ1v) is 13.8. The number of hydrogen-bond acceptors (Lipinski definition) is 11. The van der Waals surface area contributed by atoms with Crippen molar-refractivity contribution in [3.8, 4) is 5.88 Å². The van der Waals surface area contributed by atoms with E-state index in [0.29, 0.717) is 42.7 Å². The number of aromatic nitrogens is 4. The second kappa shape index (κ2) is 16.1. The van der Waals surface area contributed by atoms with Gasteiger partial charge in [-0.2, -0.15) is 9.97 Å². The molecule has 40 heavy (non-hydrogen) atoms. The van der Waals surface area contributed by atoms with E-state index in [0.717, 1.165) is 5.56 Å². The van der Waals surface area contributed by atoms with Crippen molar-refractivity contribution in [3.05, 3.63) is 42.0 Å². The Labute approximate surface area is 232 Å². The standard InChI is InChI=1S/C25H35FN7O6P/c1-17(33-16-29-22-23(33)31-25(27)32-24(22)37-3)13-20(36-2)15-39-40(30-10-11-34)38-12-4-5-21(35)28-14-18-6-8-19(26)9-7-18/h6-9,11,16-17,20,30H,4-5,10,12-15H2,1-3H3,(H,28,35)(H2,27,31,32). The molecule has 0 aliphatic heterocycles. The highest BCUT2D eigenvalue weighted by atomic mass is 31.2. The Morgan fingerprint density at radius 2 is 2.00 bits per heavy atom. The molecule has 3 unspecified atom stereocenters. The molecule has 0 saturated carbocycles. The first-order chi connectivity index (χ1) is 19.3. The van der Waals surface area contributed by atoms with Crippen LogP contribution in [0.5, 0.6) is 5.88 Å². The van der Waals surface area contributed by atoms with Crippen LogP contribution < -0.4 is 20.9 Å². The number of methoxy groups -OCH3 is 2. The molecule has 0 saturated heterocycles. The molecule has 3 aromatic rings. The van der Waals surface area contributed by atoms with Crippen molar-refractivity contribution in [2.24, 2.45) is 0 Å². The van der Waals surface area contributed by atoms with Gasteiger partial charge in [0.05, 0.1) is 39.3 Å². The number of ether oxygens (including phenoxy) is 2. The smallest absolute Gasteiger partial charge is 0.256 e. The molecule has 2 aromatic heterocycles. The lowest BCUT2D eigenvalue weighted by molar-refractivity contribution is -0.121. The monoisotopic (exact) mass is 579 g/mol. The first-order valence-electron chi connectivity index (χ1n) is 12.7. The first kappa shape index (κ1) is 31.2. The number of rotatable bonds is 18. The van der Waals surface area contributed by atoms with Crippen LogP contribution in [0.4, 0.5) is 10.3 Å². The van der Waals surface area contributed by atoms with Gasteiger partial charge in [0.25, 0.3) is 8.53 Å². The number of nitrogens with zero attached hydrogens (tertiary/aromatic N) is 4. The Morgan fingerprint density at radius 3 is 2.70 bits per heavy atom. The molecule has 2 heterocycles. The highest BCUT2D eigenvalue weighted by Crippen LogP contribution is 2.34. The molecule has 0 aliphatic carbocycles. The fourth-order valence-corrected chi connectivity index (χ4v) is 4.84. The Kier molecular flexibility index (Phi) is 12.6. The van der Waals surface area contributed by atoms with Crippen molar-refractivity contribution in [3.63, 3.8) is 0 Å². The number of halogens is 1. The maximum Gasteiger partial charge on any atom is 0.256 e. The lowest BCUT2D eigenvalue weighted by Gasteiger charge is -2.23. The molecule has 0 radical (unpaired) electrons. The average molecular weight is 580 g/mol. The van der Waals surface area contributed by atoms with E-state index in [1.165, 1.54) is 19.2 Å². The van der Waals surface area contributed by atoms with Crippen molar-refractivity contribution in [2.45, 2.75) is 44.9 Å². The zero-order valence-electron chi connectivity index (χ0n) is 22.7. The van der Waals surface area contributed by atoms with Gasteiger partial charge in [0.15, 0.2) is 11.2 Å². The molecule has 13 nitrogen and oxygen atoms in total. The molecule has 218 valence electrons. The molecular weight excluding hydrogens is 544 g/mol. The summed E-state index contributed by atoms with van der Waals surface area (Å²) >= 11 is 0. The summed E-state index contributed by atoms with van der Waals surface area (Å²) in [5, 5.41) is 5.71. The lowest BCUT2D eigenvalue weighted by atomic mass is 10.1. The van der Waals surface area contributed by atoms with Gasteiger partial charge in [-0.3, -0.25) is 4.79 Å². The van der Waals surface area contributed by atoms with Crippen LogP contribution >= 0.6 is 8.53 Å². The van der Waals surface area contributed by atoms with Gasteiger partial charge in [0.1, 0.15) is 12.1 Å². The number of amides is 1. The van der Waals surface area contributed by atoms with Crippen LogP contribution in [0.1, 0.15) is 37.8 Å². The van der Waals surface area contributed by atoms with Gasteiger partial charge in [0.2, 0.25) is 17.7 Å².